The van der Waals surface area contributed by atoms with Crippen molar-refractivity contribution in [2.45, 2.75) is 52.0 Å². The minimum atomic E-state index is -3.64. The first-order valence-electron chi connectivity index (χ1n) is 6.62. The molecule has 0 saturated carbocycles. The van der Waals surface area contributed by atoms with Gasteiger partial charge in [-0.15, -0.1) is 0 Å². The number of aryl methyl sites for hydroxylation is 2. The minimum Gasteiger partial charge on any atom is -0.392 e. The molecule has 1 aromatic rings. The van der Waals surface area contributed by atoms with Crippen LogP contribution in [0.2, 0.25) is 0 Å². The van der Waals surface area contributed by atoms with Crippen molar-refractivity contribution < 1.29 is 13.5 Å². The maximum atomic E-state index is 12.3. The van der Waals surface area contributed by atoms with E-state index in [2.05, 4.69) is 9.82 Å². The van der Waals surface area contributed by atoms with Gasteiger partial charge in [-0.25, -0.2) is 13.1 Å². The van der Waals surface area contributed by atoms with Crippen LogP contribution in [0.4, 0.5) is 0 Å². The van der Waals surface area contributed by atoms with Gasteiger partial charge in [-0.2, -0.15) is 5.10 Å². The van der Waals surface area contributed by atoms with E-state index in [1.54, 1.807) is 20.9 Å². The zero-order valence-corrected chi connectivity index (χ0v) is 13.9. The molecule has 1 heterocycles. The molecule has 2 N–H and O–H groups in total. The van der Waals surface area contributed by atoms with Crippen LogP contribution in [-0.2, 0) is 17.1 Å². The molecule has 0 aliphatic rings. The molecule has 0 saturated heterocycles. The molecule has 1 atom stereocenters. The highest BCUT2D eigenvalue weighted by molar-refractivity contribution is 7.89. The summed E-state index contributed by atoms with van der Waals surface area (Å²) in [6.45, 7) is 9.38. The molecule has 0 aliphatic carbocycles. The van der Waals surface area contributed by atoms with Crippen molar-refractivity contribution in [3.8, 4) is 0 Å². The summed E-state index contributed by atoms with van der Waals surface area (Å²) >= 11 is 0. The van der Waals surface area contributed by atoms with Crippen LogP contribution in [-0.4, -0.2) is 36.0 Å². The maximum absolute atomic E-state index is 12.3. The van der Waals surface area contributed by atoms with Gasteiger partial charge < -0.3 is 5.11 Å². The zero-order chi connectivity index (χ0) is 15.7. The topological polar surface area (TPSA) is 84.2 Å². The lowest BCUT2D eigenvalue weighted by Crippen LogP contribution is -2.34. The van der Waals surface area contributed by atoms with Gasteiger partial charge in [0.05, 0.1) is 17.5 Å². The van der Waals surface area contributed by atoms with Gasteiger partial charge in [-0.05, 0) is 25.7 Å². The Labute approximate surface area is 121 Å². The second-order valence-electron chi connectivity index (χ2n) is 6.39. The van der Waals surface area contributed by atoms with Crippen LogP contribution in [0.25, 0.3) is 0 Å². The molecule has 0 aromatic carbocycles. The molecule has 20 heavy (non-hydrogen) atoms. The van der Waals surface area contributed by atoms with Crippen LogP contribution in [0.5, 0.6) is 0 Å². The predicted octanol–water partition coefficient (Wildman–Crippen LogP) is 1.11. The predicted molar refractivity (Wildman–Crippen MR) is 77.9 cm³/mol. The molecule has 6 nitrogen and oxygen atoms in total. The zero-order valence-electron chi connectivity index (χ0n) is 13.1. The van der Waals surface area contributed by atoms with E-state index in [-0.39, 0.29) is 16.9 Å². The molecule has 0 amide bonds. The number of nitrogens with one attached hydrogen (secondary N) is 1. The van der Waals surface area contributed by atoms with Gasteiger partial charge in [0.1, 0.15) is 4.90 Å². The van der Waals surface area contributed by atoms with Gasteiger partial charge in [0.15, 0.2) is 0 Å². The van der Waals surface area contributed by atoms with E-state index >= 15 is 0 Å². The summed E-state index contributed by atoms with van der Waals surface area (Å²) in [5.74, 6) is 0. The Hall–Kier alpha value is -0.920. The fraction of sp³-hybridized carbons (Fsp3) is 0.769. The lowest BCUT2D eigenvalue weighted by molar-refractivity contribution is 0.125. The Morgan fingerprint density at radius 3 is 2.30 bits per heavy atom. The number of sulfonamides is 1. The number of rotatable bonds is 5. The minimum absolute atomic E-state index is 0.00732. The summed E-state index contributed by atoms with van der Waals surface area (Å²) in [4.78, 5) is 0.197. The van der Waals surface area contributed by atoms with Crippen LogP contribution in [0.3, 0.4) is 0 Å². The monoisotopic (exact) mass is 303 g/mol. The molecule has 0 bridgehead atoms. The third-order valence-electron chi connectivity index (χ3n) is 3.07. The largest absolute Gasteiger partial charge is 0.392 e. The molecule has 0 radical (unpaired) electrons. The van der Waals surface area contributed by atoms with Gasteiger partial charge in [0.25, 0.3) is 0 Å². The number of aliphatic hydroxyl groups excluding tert-OH is 1. The van der Waals surface area contributed by atoms with Gasteiger partial charge >= 0.3 is 0 Å². The van der Waals surface area contributed by atoms with Crippen LogP contribution >= 0.6 is 0 Å². The van der Waals surface area contributed by atoms with Gasteiger partial charge in [-0.3, -0.25) is 4.68 Å². The molecule has 1 unspecified atom stereocenters. The molecule has 1 aromatic heterocycles. The first-order valence-corrected chi connectivity index (χ1v) is 8.10. The van der Waals surface area contributed by atoms with E-state index < -0.39 is 16.1 Å². The van der Waals surface area contributed by atoms with Gasteiger partial charge in [0.2, 0.25) is 10.0 Å². The molecule has 0 spiro atoms. The molecular weight excluding hydrogens is 278 g/mol. The average molecular weight is 303 g/mol. The fourth-order valence-electron chi connectivity index (χ4n) is 2.20. The van der Waals surface area contributed by atoms with E-state index in [4.69, 9.17) is 0 Å². The number of aromatic nitrogens is 2. The van der Waals surface area contributed by atoms with E-state index in [0.29, 0.717) is 17.8 Å². The lowest BCUT2D eigenvalue weighted by Gasteiger charge is -2.22. The second kappa shape index (κ2) is 5.83. The van der Waals surface area contributed by atoms with Gasteiger partial charge in [-0.1, -0.05) is 20.8 Å². The third kappa shape index (κ3) is 4.29. The molecular formula is C13H25N3O3S. The normalized spacial score (nSPS) is 14.6. The molecule has 116 valence electrons. The van der Waals surface area contributed by atoms with Crippen molar-refractivity contribution in [3.05, 3.63) is 11.4 Å². The van der Waals surface area contributed by atoms with Crippen molar-refractivity contribution in [2.75, 3.05) is 6.54 Å². The van der Waals surface area contributed by atoms with Crippen molar-refractivity contribution in [1.82, 2.24) is 14.5 Å². The first kappa shape index (κ1) is 17.1. The maximum Gasteiger partial charge on any atom is 0.244 e. The highest BCUT2D eigenvalue weighted by Crippen LogP contribution is 2.21. The van der Waals surface area contributed by atoms with Crippen LogP contribution < -0.4 is 4.72 Å². The number of aliphatic hydroxyl groups is 1. The molecule has 1 rings (SSSR count). The Balaban J connectivity index is 2.81. The van der Waals surface area contributed by atoms with Crippen LogP contribution in [0.15, 0.2) is 4.90 Å². The SMILES string of the molecule is Cc1nn(C)c(C)c1S(=O)(=O)NCC(O)CC(C)(C)C. The van der Waals surface area contributed by atoms with Crippen LogP contribution in [0, 0.1) is 19.3 Å². The first-order chi connectivity index (χ1) is 8.94. The van der Waals surface area contributed by atoms with E-state index in [0.717, 1.165) is 0 Å². The number of hydrogen-bond acceptors (Lipinski definition) is 4. The average Bonchev–Trinajstić information content (AvgIpc) is 2.48. The second-order valence-corrected chi connectivity index (χ2v) is 8.10. The Kier molecular flexibility index (Phi) is 4.99. The summed E-state index contributed by atoms with van der Waals surface area (Å²) in [7, 11) is -1.94. The van der Waals surface area contributed by atoms with Crippen molar-refractivity contribution in [2.24, 2.45) is 12.5 Å². The summed E-state index contributed by atoms with van der Waals surface area (Å²) in [6, 6.07) is 0. The van der Waals surface area contributed by atoms with Gasteiger partial charge in [0, 0.05) is 13.6 Å². The summed E-state index contributed by atoms with van der Waals surface area (Å²) in [5, 5.41) is 14.0. The fourth-order valence-corrected chi connectivity index (χ4v) is 3.71. The van der Waals surface area contributed by atoms with E-state index in [1.807, 2.05) is 20.8 Å². The van der Waals surface area contributed by atoms with Crippen molar-refractivity contribution >= 4 is 10.0 Å². The smallest absolute Gasteiger partial charge is 0.244 e. The third-order valence-corrected chi connectivity index (χ3v) is 4.74. The summed E-state index contributed by atoms with van der Waals surface area (Å²) < 4.78 is 28.6. The van der Waals surface area contributed by atoms with Crippen molar-refractivity contribution in [1.29, 1.82) is 0 Å². The van der Waals surface area contributed by atoms with E-state index in [1.165, 1.54) is 4.68 Å². The van der Waals surface area contributed by atoms with Crippen molar-refractivity contribution in [3.63, 3.8) is 0 Å². The number of nitrogens with zero attached hydrogens (tertiary/aromatic N) is 2. The molecule has 0 aliphatic heterocycles. The lowest BCUT2D eigenvalue weighted by atomic mass is 9.89. The summed E-state index contributed by atoms with van der Waals surface area (Å²) in [5.41, 5.74) is 0.994. The highest BCUT2D eigenvalue weighted by atomic mass is 32.2. The Morgan fingerprint density at radius 2 is 1.90 bits per heavy atom. The molecule has 7 heteroatoms. The quantitative estimate of drug-likeness (QED) is 0.853. The highest BCUT2D eigenvalue weighted by Gasteiger charge is 2.25. The Bertz CT molecular complexity index is 570. The Morgan fingerprint density at radius 1 is 1.35 bits per heavy atom. The van der Waals surface area contributed by atoms with Crippen LogP contribution in [0.1, 0.15) is 38.6 Å². The van der Waals surface area contributed by atoms with E-state index in [9.17, 15) is 13.5 Å². The molecule has 0 fully saturated rings. The standard InChI is InChI=1S/C13H25N3O3S/c1-9-12(10(2)16(6)15-9)20(18,19)14-8-11(17)7-13(3,4)5/h11,14,17H,7-8H2,1-6H3. The number of hydrogen-bond donors (Lipinski definition) is 2. The summed E-state index contributed by atoms with van der Waals surface area (Å²) in [6.07, 6.45) is -0.178.